The summed E-state index contributed by atoms with van der Waals surface area (Å²) in [5, 5.41) is 29.3. The monoisotopic (exact) mass is 537 g/mol. The van der Waals surface area contributed by atoms with Gasteiger partial charge in [-0.15, -0.1) is 0 Å². The molecule has 4 rings (SSSR count). The molecule has 1 unspecified atom stereocenters. The molecule has 1 aromatic heterocycles. The van der Waals surface area contributed by atoms with E-state index in [1.807, 2.05) is 0 Å². The molecule has 0 amide bonds. The van der Waals surface area contributed by atoms with Crippen molar-refractivity contribution < 1.29 is 33.3 Å². The van der Waals surface area contributed by atoms with E-state index in [1.54, 1.807) is 18.4 Å². The molecule has 5 N–H and O–H groups in total. The van der Waals surface area contributed by atoms with Crippen molar-refractivity contribution in [1.82, 2.24) is 4.57 Å². The standard InChI is InChI=1S/C29H29F2N3O5/c1-4-29(37,15-39-5-2)27-23(16-6-8-17(9-7-16)28(35)36)24-21(12-18(14-32)26(33)25(24)31)34(27)19-10-11-20(30)22(13-19)38-3/h6-14,32,37H,4-5,15,33H2,1-3H3,(H,35,36). The van der Waals surface area contributed by atoms with Crippen LogP contribution in [0, 0.1) is 17.0 Å². The molecule has 0 fully saturated rings. The molecule has 0 aliphatic heterocycles. The number of aliphatic hydroxyl groups is 1. The second kappa shape index (κ2) is 10.8. The molecule has 0 bridgehead atoms. The Kier molecular flexibility index (Phi) is 7.71. The van der Waals surface area contributed by atoms with E-state index in [2.05, 4.69) is 0 Å². The molecule has 0 radical (unpaired) electrons. The number of carbonyl (C=O) groups is 1. The lowest BCUT2D eigenvalue weighted by Crippen LogP contribution is -2.34. The summed E-state index contributed by atoms with van der Waals surface area (Å²) in [4.78, 5) is 11.5. The van der Waals surface area contributed by atoms with Gasteiger partial charge in [0, 0.05) is 41.1 Å². The SMILES string of the molecule is CCOCC(O)(CC)c1c(-c2ccc(C(=O)O)cc2)c2c(F)c(N)c(C=N)cc2n1-c1ccc(F)c(OC)c1. The Morgan fingerprint density at radius 1 is 1.15 bits per heavy atom. The summed E-state index contributed by atoms with van der Waals surface area (Å²) < 4.78 is 43.0. The number of nitrogens with two attached hydrogens (primary N) is 1. The van der Waals surface area contributed by atoms with Gasteiger partial charge in [0.05, 0.1) is 36.2 Å². The van der Waals surface area contributed by atoms with Crippen LogP contribution in [0.4, 0.5) is 14.5 Å². The number of carboxylic acids is 1. The molecule has 8 nitrogen and oxygen atoms in total. The summed E-state index contributed by atoms with van der Waals surface area (Å²) in [5.41, 5.74) is 5.79. The third-order valence-corrected chi connectivity index (χ3v) is 6.81. The van der Waals surface area contributed by atoms with Crippen LogP contribution in [0.1, 0.15) is 41.9 Å². The average molecular weight is 538 g/mol. The molecule has 3 aromatic carbocycles. The van der Waals surface area contributed by atoms with E-state index in [0.717, 1.165) is 6.21 Å². The molecule has 0 saturated carbocycles. The fourth-order valence-corrected chi connectivity index (χ4v) is 4.72. The van der Waals surface area contributed by atoms with Crippen LogP contribution >= 0.6 is 0 Å². The van der Waals surface area contributed by atoms with Gasteiger partial charge in [0.2, 0.25) is 0 Å². The van der Waals surface area contributed by atoms with Crippen LogP contribution in [-0.2, 0) is 10.3 Å². The van der Waals surface area contributed by atoms with Crippen molar-refractivity contribution in [3.63, 3.8) is 0 Å². The summed E-state index contributed by atoms with van der Waals surface area (Å²) in [6.07, 6.45) is 1.07. The Hall–Kier alpha value is -4.28. The summed E-state index contributed by atoms with van der Waals surface area (Å²) in [6.45, 7) is 3.67. The van der Waals surface area contributed by atoms with Gasteiger partial charge in [-0.05, 0) is 49.2 Å². The van der Waals surface area contributed by atoms with Gasteiger partial charge in [-0.1, -0.05) is 19.1 Å². The van der Waals surface area contributed by atoms with Gasteiger partial charge >= 0.3 is 5.97 Å². The van der Waals surface area contributed by atoms with Crippen LogP contribution in [0.25, 0.3) is 27.7 Å². The number of methoxy groups -OCH3 is 1. The van der Waals surface area contributed by atoms with Crippen molar-refractivity contribution in [3.05, 3.63) is 77.0 Å². The number of aromatic nitrogens is 1. The minimum absolute atomic E-state index is 0.0263. The number of nitrogens with one attached hydrogen (secondary N) is 1. The third kappa shape index (κ3) is 4.73. The van der Waals surface area contributed by atoms with Crippen LogP contribution in [-0.4, -0.2) is 47.3 Å². The average Bonchev–Trinajstić information content (AvgIpc) is 3.29. The number of fused-ring (bicyclic) bond motifs is 1. The molecule has 204 valence electrons. The van der Waals surface area contributed by atoms with Gasteiger partial charge in [-0.2, -0.15) is 0 Å². The number of hydrogen-bond acceptors (Lipinski definition) is 6. The number of ether oxygens (including phenoxy) is 2. The summed E-state index contributed by atoms with van der Waals surface area (Å²) >= 11 is 0. The number of hydrogen-bond donors (Lipinski definition) is 4. The maximum atomic E-state index is 16.1. The number of nitrogen functional groups attached to an aromatic ring is 1. The number of carboxylic acid groups (broad SMARTS) is 1. The Labute approximate surface area is 223 Å². The van der Waals surface area contributed by atoms with E-state index in [4.69, 9.17) is 20.6 Å². The van der Waals surface area contributed by atoms with Crippen molar-refractivity contribution in [3.8, 4) is 22.6 Å². The third-order valence-electron chi connectivity index (χ3n) is 6.81. The molecule has 0 spiro atoms. The van der Waals surface area contributed by atoms with Crippen molar-refractivity contribution in [2.24, 2.45) is 0 Å². The number of aromatic carboxylic acids is 1. The van der Waals surface area contributed by atoms with Gasteiger partial charge in [0.1, 0.15) is 5.60 Å². The number of halogens is 2. The summed E-state index contributed by atoms with van der Waals surface area (Å²) in [6, 6.07) is 11.4. The predicted molar refractivity (Wildman–Crippen MR) is 145 cm³/mol. The van der Waals surface area contributed by atoms with E-state index in [0.29, 0.717) is 17.9 Å². The molecule has 10 heteroatoms. The van der Waals surface area contributed by atoms with Crippen LogP contribution in [0.3, 0.4) is 0 Å². The highest BCUT2D eigenvalue weighted by Crippen LogP contribution is 2.46. The minimum atomic E-state index is -1.68. The first-order valence-corrected chi connectivity index (χ1v) is 12.3. The van der Waals surface area contributed by atoms with Gasteiger partial charge in [0.15, 0.2) is 17.4 Å². The number of nitrogens with zero attached hydrogens (tertiary/aromatic N) is 1. The Morgan fingerprint density at radius 3 is 2.41 bits per heavy atom. The molecule has 0 aliphatic carbocycles. The predicted octanol–water partition coefficient (Wildman–Crippen LogP) is 5.50. The fraction of sp³-hybridized carbons (Fsp3) is 0.241. The Bertz CT molecular complexity index is 1570. The highest BCUT2D eigenvalue weighted by Gasteiger charge is 2.38. The molecule has 4 aromatic rings. The Balaban J connectivity index is 2.26. The van der Waals surface area contributed by atoms with E-state index < -0.39 is 23.2 Å². The molecular weight excluding hydrogens is 508 g/mol. The minimum Gasteiger partial charge on any atom is -0.494 e. The van der Waals surface area contributed by atoms with Crippen molar-refractivity contribution in [2.45, 2.75) is 25.9 Å². The lowest BCUT2D eigenvalue weighted by Gasteiger charge is -2.30. The second-order valence-corrected chi connectivity index (χ2v) is 9.01. The molecular formula is C29H29F2N3O5. The first-order chi connectivity index (χ1) is 18.6. The molecule has 39 heavy (non-hydrogen) atoms. The van der Waals surface area contributed by atoms with Crippen molar-refractivity contribution in [1.29, 1.82) is 5.41 Å². The summed E-state index contributed by atoms with van der Waals surface area (Å²) in [7, 11) is 1.32. The van der Waals surface area contributed by atoms with E-state index in [9.17, 15) is 19.4 Å². The van der Waals surface area contributed by atoms with E-state index >= 15 is 4.39 Å². The number of anilines is 1. The lowest BCUT2D eigenvalue weighted by atomic mass is 9.89. The smallest absolute Gasteiger partial charge is 0.335 e. The topological polar surface area (TPSA) is 131 Å². The zero-order chi connectivity index (χ0) is 28.5. The van der Waals surface area contributed by atoms with Gasteiger partial charge < -0.3 is 35.4 Å². The fourth-order valence-electron chi connectivity index (χ4n) is 4.72. The molecule has 1 heterocycles. The highest BCUT2D eigenvalue weighted by molar-refractivity contribution is 6.05. The zero-order valence-electron chi connectivity index (χ0n) is 21.7. The van der Waals surface area contributed by atoms with Crippen molar-refractivity contribution >= 4 is 28.8 Å². The largest absolute Gasteiger partial charge is 0.494 e. The maximum Gasteiger partial charge on any atom is 0.335 e. The number of rotatable bonds is 10. The zero-order valence-corrected chi connectivity index (χ0v) is 21.7. The van der Waals surface area contributed by atoms with Crippen LogP contribution in [0.5, 0.6) is 5.75 Å². The lowest BCUT2D eigenvalue weighted by molar-refractivity contribution is -0.0539. The Morgan fingerprint density at radius 2 is 1.85 bits per heavy atom. The van der Waals surface area contributed by atoms with Crippen LogP contribution < -0.4 is 10.5 Å². The van der Waals surface area contributed by atoms with E-state index in [1.165, 1.54) is 55.6 Å². The van der Waals surface area contributed by atoms with Crippen LogP contribution in [0.15, 0.2) is 48.5 Å². The van der Waals surface area contributed by atoms with Gasteiger partial charge in [0.25, 0.3) is 0 Å². The van der Waals surface area contributed by atoms with Crippen molar-refractivity contribution in [2.75, 3.05) is 26.1 Å². The van der Waals surface area contributed by atoms with Crippen LogP contribution in [0.2, 0.25) is 0 Å². The quantitative estimate of drug-likeness (QED) is 0.156. The van der Waals surface area contributed by atoms with Gasteiger partial charge in [-0.25, -0.2) is 13.6 Å². The first kappa shape index (κ1) is 27.7. The van der Waals surface area contributed by atoms with Gasteiger partial charge in [-0.3, -0.25) is 0 Å². The molecule has 1 atom stereocenters. The highest BCUT2D eigenvalue weighted by atomic mass is 19.1. The molecule has 0 saturated heterocycles. The first-order valence-electron chi connectivity index (χ1n) is 12.3. The normalized spacial score (nSPS) is 12.9. The molecule has 0 aliphatic rings. The second-order valence-electron chi connectivity index (χ2n) is 9.01. The maximum absolute atomic E-state index is 16.1. The summed E-state index contributed by atoms with van der Waals surface area (Å²) in [5.74, 6) is -2.62. The van der Waals surface area contributed by atoms with E-state index in [-0.39, 0.29) is 57.8 Å². The number of benzene rings is 3.